The van der Waals surface area contributed by atoms with Gasteiger partial charge in [-0.05, 0) is 30.5 Å². The second kappa shape index (κ2) is 7.09. The molecule has 1 aromatic carbocycles. The number of benzene rings is 1. The molecule has 1 N–H and O–H groups in total. The van der Waals surface area contributed by atoms with Crippen molar-refractivity contribution in [2.24, 2.45) is 0 Å². The maximum atomic E-state index is 14.4. The molecule has 0 radical (unpaired) electrons. The van der Waals surface area contributed by atoms with E-state index in [0.29, 0.717) is 42.2 Å². The van der Waals surface area contributed by atoms with Crippen LogP contribution in [0.2, 0.25) is 0 Å². The summed E-state index contributed by atoms with van der Waals surface area (Å²) in [6.45, 7) is 3.13. The number of aromatic nitrogens is 1. The summed E-state index contributed by atoms with van der Waals surface area (Å²) in [4.78, 5) is 25.4. The summed E-state index contributed by atoms with van der Waals surface area (Å²) >= 11 is 0. The highest BCUT2D eigenvalue weighted by atomic mass is 19.1. The molecule has 0 atom stereocenters. The number of nitrogens with one attached hydrogen (secondary N) is 1. The molecule has 1 aliphatic rings. The number of rotatable bonds is 6. The highest BCUT2D eigenvalue weighted by Gasteiger charge is 2.26. The van der Waals surface area contributed by atoms with E-state index in [0.717, 1.165) is 12.8 Å². The van der Waals surface area contributed by atoms with E-state index < -0.39 is 11.6 Å². The molecule has 0 fully saturated rings. The second-order valence-corrected chi connectivity index (χ2v) is 6.09. The second-order valence-electron chi connectivity index (χ2n) is 6.09. The van der Waals surface area contributed by atoms with Crippen LogP contribution in [-0.2, 0) is 13.0 Å². The average molecular weight is 344 g/mol. The summed E-state index contributed by atoms with van der Waals surface area (Å²) < 4.78 is 20.9. The number of carbonyl (C=O) groups excluding carboxylic acids is 1. The first-order valence-corrected chi connectivity index (χ1v) is 8.45. The number of halogens is 1. The first-order chi connectivity index (χ1) is 12.1. The maximum Gasteiger partial charge on any atom is 0.252 e. The summed E-state index contributed by atoms with van der Waals surface area (Å²) in [5, 5.41) is 3.11. The fourth-order valence-electron chi connectivity index (χ4n) is 3.15. The zero-order chi connectivity index (χ0) is 18.0. The predicted octanol–water partition coefficient (Wildman–Crippen LogP) is 3.00. The SMILES string of the molecule is CCCCc1cc(=O)n2c(c1C(=O)c1ccc(OC)cc1F)NCC2. The van der Waals surface area contributed by atoms with E-state index in [2.05, 4.69) is 5.32 Å². The summed E-state index contributed by atoms with van der Waals surface area (Å²) in [6, 6.07) is 5.70. The number of pyridine rings is 1. The van der Waals surface area contributed by atoms with Gasteiger partial charge in [0.1, 0.15) is 17.4 Å². The third-order valence-corrected chi connectivity index (χ3v) is 4.47. The molecule has 0 saturated heterocycles. The van der Waals surface area contributed by atoms with E-state index in [9.17, 15) is 14.0 Å². The van der Waals surface area contributed by atoms with Gasteiger partial charge in [0.15, 0.2) is 5.78 Å². The molecule has 0 unspecified atom stereocenters. The monoisotopic (exact) mass is 344 g/mol. The van der Waals surface area contributed by atoms with Gasteiger partial charge in [0, 0.05) is 25.2 Å². The fraction of sp³-hybridized carbons (Fsp3) is 0.368. The van der Waals surface area contributed by atoms with Gasteiger partial charge in [-0.1, -0.05) is 13.3 Å². The molecule has 0 amide bonds. The molecule has 6 heteroatoms. The van der Waals surface area contributed by atoms with Crippen LogP contribution in [0.1, 0.15) is 41.3 Å². The van der Waals surface area contributed by atoms with Crippen molar-refractivity contribution in [2.75, 3.05) is 19.0 Å². The van der Waals surface area contributed by atoms with E-state index in [1.54, 1.807) is 10.6 Å². The number of ketones is 1. The summed E-state index contributed by atoms with van der Waals surface area (Å²) in [6.07, 6.45) is 2.41. The molecule has 0 aliphatic carbocycles. The van der Waals surface area contributed by atoms with Crippen molar-refractivity contribution in [1.29, 1.82) is 0 Å². The number of nitrogens with zero attached hydrogens (tertiary/aromatic N) is 1. The molecule has 1 aromatic heterocycles. The quantitative estimate of drug-likeness (QED) is 0.819. The van der Waals surface area contributed by atoms with Crippen molar-refractivity contribution in [3.63, 3.8) is 0 Å². The molecule has 5 nitrogen and oxygen atoms in total. The zero-order valence-corrected chi connectivity index (χ0v) is 14.4. The Labute approximate surface area is 145 Å². The number of unbranched alkanes of at least 4 members (excludes halogenated alkanes) is 1. The van der Waals surface area contributed by atoms with Crippen molar-refractivity contribution < 1.29 is 13.9 Å². The third-order valence-electron chi connectivity index (χ3n) is 4.47. The van der Waals surface area contributed by atoms with Gasteiger partial charge in [0.2, 0.25) is 0 Å². The lowest BCUT2D eigenvalue weighted by Gasteiger charge is -2.15. The van der Waals surface area contributed by atoms with Crippen LogP contribution in [0, 0.1) is 5.82 Å². The smallest absolute Gasteiger partial charge is 0.252 e. The standard InChI is InChI=1S/C19H21FN2O3/c1-3-4-5-12-10-16(23)22-9-8-21-19(22)17(12)18(24)14-7-6-13(25-2)11-15(14)20/h6-7,10-11,21H,3-5,8-9H2,1-2H3. The first-order valence-electron chi connectivity index (χ1n) is 8.45. The van der Waals surface area contributed by atoms with Crippen LogP contribution in [-0.4, -0.2) is 24.0 Å². The van der Waals surface area contributed by atoms with Crippen molar-refractivity contribution in [1.82, 2.24) is 4.57 Å². The normalized spacial score (nSPS) is 12.6. The first kappa shape index (κ1) is 17.2. The lowest BCUT2D eigenvalue weighted by molar-refractivity contribution is 0.103. The Balaban J connectivity index is 2.13. The molecule has 2 aromatic rings. The number of anilines is 1. The van der Waals surface area contributed by atoms with Crippen LogP contribution in [0.3, 0.4) is 0 Å². The van der Waals surface area contributed by atoms with Crippen molar-refractivity contribution in [3.05, 3.63) is 57.1 Å². The maximum absolute atomic E-state index is 14.4. The van der Waals surface area contributed by atoms with Gasteiger partial charge in [-0.3, -0.25) is 14.2 Å². The highest BCUT2D eigenvalue weighted by Crippen LogP contribution is 2.28. The third kappa shape index (κ3) is 3.16. The van der Waals surface area contributed by atoms with E-state index in [-0.39, 0.29) is 11.1 Å². The lowest BCUT2D eigenvalue weighted by Crippen LogP contribution is -2.22. The summed E-state index contributed by atoms with van der Waals surface area (Å²) in [7, 11) is 1.44. The minimum Gasteiger partial charge on any atom is -0.497 e. The van der Waals surface area contributed by atoms with Crippen LogP contribution in [0.4, 0.5) is 10.2 Å². The average Bonchev–Trinajstić information content (AvgIpc) is 3.09. The molecular formula is C19H21FN2O3. The van der Waals surface area contributed by atoms with Gasteiger partial charge in [-0.25, -0.2) is 4.39 Å². The number of ether oxygens (including phenoxy) is 1. The Bertz CT molecular complexity index is 874. The van der Waals surface area contributed by atoms with Gasteiger partial charge in [-0.15, -0.1) is 0 Å². The van der Waals surface area contributed by atoms with Gasteiger partial charge in [0.05, 0.1) is 18.2 Å². The lowest BCUT2D eigenvalue weighted by atomic mass is 9.95. The number of aryl methyl sites for hydroxylation is 1. The zero-order valence-electron chi connectivity index (χ0n) is 14.4. The van der Waals surface area contributed by atoms with E-state index in [4.69, 9.17) is 4.74 Å². The van der Waals surface area contributed by atoms with E-state index >= 15 is 0 Å². The molecule has 0 spiro atoms. The molecule has 3 rings (SSSR count). The topological polar surface area (TPSA) is 60.3 Å². The van der Waals surface area contributed by atoms with Gasteiger partial charge in [0.25, 0.3) is 5.56 Å². The highest BCUT2D eigenvalue weighted by molar-refractivity contribution is 6.13. The van der Waals surface area contributed by atoms with Crippen molar-refractivity contribution >= 4 is 11.6 Å². The van der Waals surface area contributed by atoms with Crippen LogP contribution in [0.5, 0.6) is 5.75 Å². The van der Waals surface area contributed by atoms with Gasteiger partial charge in [-0.2, -0.15) is 0 Å². The van der Waals surface area contributed by atoms with Crippen LogP contribution in [0.25, 0.3) is 0 Å². The Hall–Kier alpha value is -2.63. The molecule has 0 saturated carbocycles. The van der Waals surface area contributed by atoms with E-state index in [1.165, 1.54) is 25.3 Å². The fourth-order valence-corrected chi connectivity index (χ4v) is 3.15. The molecular weight excluding hydrogens is 323 g/mol. The number of carbonyl (C=O) groups is 1. The van der Waals surface area contributed by atoms with Gasteiger partial charge >= 0.3 is 0 Å². The summed E-state index contributed by atoms with van der Waals surface area (Å²) in [5.41, 5.74) is 0.925. The van der Waals surface area contributed by atoms with Crippen LogP contribution >= 0.6 is 0 Å². The Morgan fingerprint density at radius 1 is 1.36 bits per heavy atom. The number of methoxy groups -OCH3 is 1. The largest absolute Gasteiger partial charge is 0.497 e. The molecule has 25 heavy (non-hydrogen) atoms. The van der Waals surface area contributed by atoms with Gasteiger partial charge < -0.3 is 10.1 Å². The van der Waals surface area contributed by atoms with Crippen LogP contribution in [0.15, 0.2) is 29.1 Å². The number of hydrogen-bond donors (Lipinski definition) is 1. The molecule has 1 aliphatic heterocycles. The molecule has 0 bridgehead atoms. The Kier molecular flexibility index (Phi) is 4.88. The van der Waals surface area contributed by atoms with Crippen LogP contribution < -0.4 is 15.6 Å². The van der Waals surface area contributed by atoms with Crippen molar-refractivity contribution in [2.45, 2.75) is 32.7 Å². The Morgan fingerprint density at radius 3 is 2.84 bits per heavy atom. The number of fused-ring (bicyclic) bond motifs is 1. The van der Waals surface area contributed by atoms with E-state index in [1.807, 2.05) is 6.92 Å². The minimum atomic E-state index is -0.631. The molecule has 132 valence electrons. The molecule has 2 heterocycles. The summed E-state index contributed by atoms with van der Waals surface area (Å²) in [5.74, 6) is -0.190. The minimum absolute atomic E-state index is 0.0197. The Morgan fingerprint density at radius 2 is 2.16 bits per heavy atom. The number of hydrogen-bond acceptors (Lipinski definition) is 4. The predicted molar refractivity (Wildman–Crippen MR) is 94.2 cm³/mol. The van der Waals surface area contributed by atoms with Crippen molar-refractivity contribution in [3.8, 4) is 5.75 Å².